The number of halogens is 1. The number of hydrogen-bond donors (Lipinski definition) is 1. The van der Waals surface area contributed by atoms with Crippen LogP contribution in [-0.4, -0.2) is 25.6 Å². The van der Waals surface area contributed by atoms with Crippen molar-refractivity contribution >= 4 is 34.3 Å². The minimum absolute atomic E-state index is 0.249. The summed E-state index contributed by atoms with van der Waals surface area (Å²) >= 11 is 1.26. The summed E-state index contributed by atoms with van der Waals surface area (Å²) in [5.41, 5.74) is 2.37. The Bertz CT molecular complexity index is 1100. The van der Waals surface area contributed by atoms with E-state index >= 15 is 0 Å². The fraction of sp³-hybridized carbons (Fsp3) is 0.167. The minimum atomic E-state index is -0.575. The molecule has 0 spiro atoms. The van der Waals surface area contributed by atoms with Crippen molar-refractivity contribution in [1.82, 2.24) is 0 Å². The summed E-state index contributed by atoms with van der Waals surface area (Å²) in [4.78, 5) is 25.8. The predicted octanol–water partition coefficient (Wildman–Crippen LogP) is 5.70. The highest BCUT2D eigenvalue weighted by Gasteiger charge is 2.24. The van der Waals surface area contributed by atoms with Crippen molar-refractivity contribution in [3.63, 3.8) is 0 Å². The number of benzene rings is 2. The molecule has 0 aliphatic carbocycles. The molecule has 0 unspecified atom stereocenters. The number of nitrogens with one attached hydrogen (secondary N) is 1. The van der Waals surface area contributed by atoms with Gasteiger partial charge in [0.15, 0.2) is 0 Å². The van der Waals surface area contributed by atoms with E-state index in [9.17, 15) is 14.0 Å². The highest BCUT2D eigenvalue weighted by Crippen LogP contribution is 2.40. The van der Waals surface area contributed by atoms with Crippen LogP contribution in [0.3, 0.4) is 0 Å². The van der Waals surface area contributed by atoms with Crippen LogP contribution >= 0.6 is 11.3 Å². The Hall–Kier alpha value is -3.45. The third kappa shape index (κ3) is 5.38. The average Bonchev–Trinajstić information content (AvgIpc) is 3.09. The van der Waals surface area contributed by atoms with Crippen LogP contribution in [-0.2, 0) is 9.53 Å². The van der Waals surface area contributed by atoms with Crippen LogP contribution in [0, 0.1) is 12.7 Å². The van der Waals surface area contributed by atoms with E-state index in [0.29, 0.717) is 22.7 Å². The molecule has 2 aromatic carbocycles. The Labute approximate surface area is 184 Å². The van der Waals surface area contributed by atoms with E-state index in [1.54, 1.807) is 18.2 Å². The van der Waals surface area contributed by atoms with Crippen LogP contribution in [0.15, 0.2) is 54.6 Å². The number of thiophene rings is 1. The molecule has 1 heterocycles. The number of hydrogen-bond acceptors (Lipinski definition) is 5. The van der Waals surface area contributed by atoms with Crippen LogP contribution < -0.4 is 10.1 Å². The summed E-state index contributed by atoms with van der Waals surface area (Å²) in [6.45, 7) is 4.33. The molecule has 0 fully saturated rings. The second kappa shape index (κ2) is 10.0. The zero-order chi connectivity index (χ0) is 22.4. The minimum Gasteiger partial charge on any atom is -0.494 e. The lowest BCUT2D eigenvalue weighted by Crippen LogP contribution is -2.11. The number of carbonyl (C=O) groups is 2. The van der Waals surface area contributed by atoms with E-state index in [1.165, 1.54) is 36.7 Å². The molecule has 1 aromatic heterocycles. The zero-order valence-corrected chi connectivity index (χ0v) is 18.2. The molecular formula is C24H22FNO4S. The lowest BCUT2D eigenvalue weighted by molar-refractivity contribution is -0.111. The molecule has 160 valence electrons. The van der Waals surface area contributed by atoms with Crippen molar-refractivity contribution < 1.29 is 23.5 Å². The van der Waals surface area contributed by atoms with Crippen LogP contribution in [0.5, 0.6) is 5.75 Å². The van der Waals surface area contributed by atoms with E-state index in [2.05, 4.69) is 5.32 Å². The summed E-state index contributed by atoms with van der Waals surface area (Å²) in [6, 6.07) is 13.2. The normalized spacial score (nSPS) is 10.8. The quantitative estimate of drug-likeness (QED) is 0.379. The van der Waals surface area contributed by atoms with Gasteiger partial charge in [0.2, 0.25) is 5.91 Å². The highest BCUT2D eigenvalue weighted by molar-refractivity contribution is 7.17. The molecular weight excluding hydrogens is 417 g/mol. The molecule has 5 nitrogen and oxygen atoms in total. The largest absolute Gasteiger partial charge is 0.494 e. The molecule has 0 saturated heterocycles. The van der Waals surface area contributed by atoms with Gasteiger partial charge in [-0.3, -0.25) is 4.79 Å². The van der Waals surface area contributed by atoms with Gasteiger partial charge in [-0.15, -0.1) is 11.3 Å². The van der Waals surface area contributed by atoms with Gasteiger partial charge in [0, 0.05) is 16.5 Å². The molecule has 0 radical (unpaired) electrons. The monoisotopic (exact) mass is 439 g/mol. The number of anilines is 1. The molecule has 0 bridgehead atoms. The van der Waals surface area contributed by atoms with Gasteiger partial charge in [-0.25, -0.2) is 9.18 Å². The molecule has 7 heteroatoms. The van der Waals surface area contributed by atoms with Crippen molar-refractivity contribution in [2.45, 2.75) is 13.8 Å². The number of ether oxygens (including phenoxy) is 2. The molecule has 1 amide bonds. The van der Waals surface area contributed by atoms with Gasteiger partial charge in [0.25, 0.3) is 0 Å². The Balaban J connectivity index is 1.85. The van der Waals surface area contributed by atoms with E-state index in [-0.39, 0.29) is 17.3 Å². The fourth-order valence-corrected chi connectivity index (χ4v) is 4.13. The van der Waals surface area contributed by atoms with Crippen molar-refractivity contribution in [1.29, 1.82) is 0 Å². The van der Waals surface area contributed by atoms with Crippen molar-refractivity contribution in [2.75, 3.05) is 19.0 Å². The SMILES string of the molecule is CCOc1ccc(/C=C/C(=O)Nc2sc(C)c(-c3ccc(F)cc3)c2C(=O)OC)cc1. The lowest BCUT2D eigenvalue weighted by Gasteiger charge is -2.07. The molecule has 0 aliphatic rings. The Morgan fingerprint density at radius 3 is 2.39 bits per heavy atom. The van der Waals surface area contributed by atoms with E-state index in [0.717, 1.165) is 16.2 Å². The van der Waals surface area contributed by atoms with Gasteiger partial charge in [-0.1, -0.05) is 24.3 Å². The number of methoxy groups -OCH3 is 1. The Kier molecular flexibility index (Phi) is 7.20. The topological polar surface area (TPSA) is 64.6 Å². The predicted molar refractivity (Wildman–Crippen MR) is 121 cm³/mol. The van der Waals surface area contributed by atoms with Gasteiger partial charge in [0.1, 0.15) is 22.1 Å². The first kappa shape index (κ1) is 22.2. The second-order valence-electron chi connectivity index (χ2n) is 6.56. The van der Waals surface area contributed by atoms with E-state index in [1.807, 2.05) is 38.1 Å². The standard InChI is InChI=1S/C24H22FNO4S/c1-4-30-19-12-5-16(6-13-19)7-14-20(27)26-23-22(24(28)29-3)21(15(2)31-23)17-8-10-18(25)11-9-17/h5-14H,4H2,1-3H3,(H,26,27)/b14-7+. The van der Waals surface area contributed by atoms with Crippen molar-refractivity contribution in [3.8, 4) is 16.9 Å². The van der Waals surface area contributed by atoms with Gasteiger partial charge < -0.3 is 14.8 Å². The first-order valence-electron chi connectivity index (χ1n) is 9.62. The third-order valence-electron chi connectivity index (χ3n) is 4.46. The van der Waals surface area contributed by atoms with Crippen LogP contribution in [0.25, 0.3) is 17.2 Å². The van der Waals surface area contributed by atoms with Gasteiger partial charge in [0.05, 0.1) is 13.7 Å². The summed E-state index contributed by atoms with van der Waals surface area (Å²) < 4.78 is 23.7. The van der Waals surface area contributed by atoms with Crippen molar-refractivity contribution in [3.05, 3.63) is 76.4 Å². The number of rotatable bonds is 7. The van der Waals surface area contributed by atoms with Crippen molar-refractivity contribution in [2.24, 2.45) is 0 Å². The number of amides is 1. The first-order chi connectivity index (χ1) is 14.9. The average molecular weight is 440 g/mol. The maximum absolute atomic E-state index is 13.3. The summed E-state index contributed by atoms with van der Waals surface area (Å²) in [5.74, 6) is -0.571. The molecule has 31 heavy (non-hydrogen) atoms. The van der Waals surface area contributed by atoms with Crippen LogP contribution in [0.1, 0.15) is 27.7 Å². The fourth-order valence-electron chi connectivity index (χ4n) is 3.06. The summed E-state index contributed by atoms with van der Waals surface area (Å²) in [7, 11) is 1.28. The molecule has 0 aliphatic heterocycles. The van der Waals surface area contributed by atoms with Gasteiger partial charge in [-0.2, -0.15) is 0 Å². The molecule has 0 atom stereocenters. The van der Waals surface area contributed by atoms with Crippen LogP contribution in [0.2, 0.25) is 0 Å². The number of aryl methyl sites for hydroxylation is 1. The van der Waals surface area contributed by atoms with Crippen LogP contribution in [0.4, 0.5) is 9.39 Å². The molecule has 1 N–H and O–H groups in total. The third-order valence-corrected chi connectivity index (χ3v) is 5.48. The molecule has 3 rings (SSSR count). The molecule has 3 aromatic rings. The maximum atomic E-state index is 13.3. The molecule has 0 saturated carbocycles. The second-order valence-corrected chi connectivity index (χ2v) is 7.79. The lowest BCUT2D eigenvalue weighted by atomic mass is 10.0. The summed E-state index contributed by atoms with van der Waals surface area (Å²) in [6.07, 6.45) is 3.06. The Morgan fingerprint density at radius 1 is 1.10 bits per heavy atom. The van der Waals surface area contributed by atoms with E-state index < -0.39 is 5.97 Å². The first-order valence-corrected chi connectivity index (χ1v) is 10.4. The van der Waals surface area contributed by atoms with Gasteiger partial charge >= 0.3 is 5.97 Å². The number of esters is 1. The smallest absolute Gasteiger partial charge is 0.341 e. The highest BCUT2D eigenvalue weighted by atomic mass is 32.1. The maximum Gasteiger partial charge on any atom is 0.341 e. The number of carbonyl (C=O) groups excluding carboxylic acids is 2. The van der Waals surface area contributed by atoms with E-state index in [4.69, 9.17) is 9.47 Å². The summed E-state index contributed by atoms with van der Waals surface area (Å²) in [5, 5.41) is 3.14. The zero-order valence-electron chi connectivity index (χ0n) is 17.4. The Morgan fingerprint density at radius 2 is 1.77 bits per heavy atom. The van der Waals surface area contributed by atoms with Gasteiger partial charge in [-0.05, 0) is 55.3 Å².